The highest BCUT2D eigenvalue weighted by molar-refractivity contribution is 7.10. The third-order valence-electron chi connectivity index (χ3n) is 7.83. The fraction of sp³-hybridized carbons (Fsp3) is 0.333. The van der Waals surface area contributed by atoms with Gasteiger partial charge in [0.2, 0.25) is 11.8 Å². The Balaban J connectivity index is 1.12. The number of methoxy groups -OCH3 is 1. The average molecular weight is 557 g/mol. The third-order valence-corrected chi connectivity index (χ3v) is 8.68. The number of anilines is 1. The molecule has 1 atom stereocenters. The standard InChI is InChI=1S/C30H32N6O3S/c1-39-20-30(11-15-35(19-30)18-26(37)36-13-9-22(10-14-36)28-31-12-16-40-28)29(38)32-23-7-8-25-24(17-23)27(34-33-25)21-5-3-2-4-6-21/h2-9,12,16-17H,10-11,13-15,18-20H2,1H3,(H,32,38)(H,33,34). The van der Waals surface area contributed by atoms with Gasteiger partial charge in [-0.2, -0.15) is 5.10 Å². The number of carbonyl (C=O) groups is 2. The molecule has 2 aromatic carbocycles. The summed E-state index contributed by atoms with van der Waals surface area (Å²) < 4.78 is 5.53. The maximum Gasteiger partial charge on any atom is 0.237 e. The Morgan fingerprint density at radius 3 is 2.80 bits per heavy atom. The summed E-state index contributed by atoms with van der Waals surface area (Å²) in [4.78, 5) is 35.2. The molecule has 9 nitrogen and oxygen atoms in total. The van der Waals surface area contributed by atoms with Gasteiger partial charge >= 0.3 is 0 Å². The summed E-state index contributed by atoms with van der Waals surface area (Å²) in [6.07, 6.45) is 5.35. The first-order valence-electron chi connectivity index (χ1n) is 13.5. The predicted octanol–water partition coefficient (Wildman–Crippen LogP) is 4.28. The quantitative estimate of drug-likeness (QED) is 0.336. The number of carbonyl (C=O) groups excluding carboxylic acids is 2. The van der Waals surface area contributed by atoms with Crippen LogP contribution in [0.2, 0.25) is 0 Å². The van der Waals surface area contributed by atoms with Gasteiger partial charge in [-0.05, 0) is 43.2 Å². The molecule has 2 aromatic heterocycles. The van der Waals surface area contributed by atoms with E-state index < -0.39 is 5.41 Å². The summed E-state index contributed by atoms with van der Waals surface area (Å²) in [6.45, 7) is 2.98. The van der Waals surface area contributed by atoms with Gasteiger partial charge in [-0.15, -0.1) is 11.3 Å². The van der Waals surface area contributed by atoms with Crippen LogP contribution in [-0.4, -0.2) is 83.2 Å². The lowest BCUT2D eigenvalue weighted by Gasteiger charge is -2.29. The fourth-order valence-electron chi connectivity index (χ4n) is 5.67. The second-order valence-corrected chi connectivity index (χ2v) is 11.4. The van der Waals surface area contributed by atoms with Gasteiger partial charge < -0.3 is 15.0 Å². The Hall–Kier alpha value is -3.86. The number of nitrogens with zero attached hydrogens (tertiary/aromatic N) is 4. The van der Waals surface area contributed by atoms with Crippen LogP contribution in [-0.2, 0) is 14.3 Å². The lowest BCUT2D eigenvalue weighted by Crippen LogP contribution is -2.45. The molecule has 0 aliphatic carbocycles. The van der Waals surface area contributed by atoms with Crippen molar-refractivity contribution < 1.29 is 14.3 Å². The molecule has 0 saturated carbocycles. The first-order chi connectivity index (χ1) is 19.5. The second kappa shape index (κ2) is 11.3. The Labute approximate surface area is 236 Å². The van der Waals surface area contributed by atoms with Crippen LogP contribution in [0.5, 0.6) is 0 Å². The van der Waals surface area contributed by atoms with E-state index in [1.54, 1.807) is 18.4 Å². The minimum atomic E-state index is -0.734. The number of thiazole rings is 1. The van der Waals surface area contributed by atoms with Crippen molar-refractivity contribution >= 4 is 45.3 Å². The number of aromatic amines is 1. The number of H-pyrrole nitrogens is 1. The van der Waals surface area contributed by atoms with Crippen LogP contribution in [0.1, 0.15) is 17.8 Å². The van der Waals surface area contributed by atoms with E-state index in [2.05, 4.69) is 31.5 Å². The Kier molecular flexibility index (Phi) is 7.46. The molecule has 0 radical (unpaired) electrons. The van der Waals surface area contributed by atoms with Crippen LogP contribution in [0.3, 0.4) is 0 Å². The van der Waals surface area contributed by atoms with Crippen LogP contribution < -0.4 is 5.32 Å². The van der Waals surface area contributed by atoms with Crippen LogP contribution in [0.15, 0.2) is 66.2 Å². The van der Waals surface area contributed by atoms with Crippen molar-refractivity contribution in [2.24, 2.45) is 5.41 Å². The summed E-state index contributed by atoms with van der Waals surface area (Å²) in [5, 5.41) is 14.7. The van der Waals surface area contributed by atoms with Crippen LogP contribution in [0, 0.1) is 5.41 Å². The molecule has 4 aromatic rings. The molecule has 0 bridgehead atoms. The van der Waals surface area contributed by atoms with Crippen LogP contribution >= 0.6 is 11.3 Å². The molecule has 4 heterocycles. The van der Waals surface area contributed by atoms with E-state index in [-0.39, 0.29) is 18.4 Å². The molecule has 40 heavy (non-hydrogen) atoms. The normalized spacial score (nSPS) is 19.6. The number of nitrogens with one attached hydrogen (secondary N) is 2. The van der Waals surface area contributed by atoms with Gasteiger partial charge in [0.1, 0.15) is 5.01 Å². The number of rotatable bonds is 8. The van der Waals surface area contributed by atoms with E-state index in [1.807, 2.05) is 65.0 Å². The largest absolute Gasteiger partial charge is 0.384 e. The molecule has 2 aliphatic heterocycles. The zero-order chi connectivity index (χ0) is 27.5. The SMILES string of the molecule is COCC1(C(=O)Nc2ccc3[nH]nc(-c4ccccc4)c3c2)CCN(CC(=O)N2CC=C(c3nccs3)CC2)C1. The smallest absolute Gasteiger partial charge is 0.237 e. The van der Waals surface area contributed by atoms with Crippen molar-refractivity contribution in [3.8, 4) is 11.3 Å². The number of hydrogen-bond donors (Lipinski definition) is 2. The molecule has 6 rings (SSSR count). The Morgan fingerprint density at radius 2 is 2.05 bits per heavy atom. The molecule has 2 N–H and O–H groups in total. The van der Waals surface area contributed by atoms with Crippen molar-refractivity contribution in [1.29, 1.82) is 0 Å². The van der Waals surface area contributed by atoms with Crippen molar-refractivity contribution in [1.82, 2.24) is 25.0 Å². The maximum atomic E-state index is 13.7. The van der Waals surface area contributed by atoms with E-state index in [0.29, 0.717) is 44.8 Å². The van der Waals surface area contributed by atoms with Crippen molar-refractivity contribution in [2.75, 3.05) is 51.8 Å². The summed E-state index contributed by atoms with van der Waals surface area (Å²) in [5.41, 5.74) is 3.93. The zero-order valence-corrected chi connectivity index (χ0v) is 23.2. The summed E-state index contributed by atoms with van der Waals surface area (Å²) in [7, 11) is 1.62. The van der Waals surface area contributed by atoms with Crippen LogP contribution in [0.25, 0.3) is 27.7 Å². The number of ether oxygens (including phenoxy) is 1. The zero-order valence-electron chi connectivity index (χ0n) is 22.4. The first-order valence-corrected chi connectivity index (χ1v) is 14.4. The third kappa shape index (κ3) is 5.30. The second-order valence-electron chi connectivity index (χ2n) is 10.5. The number of likely N-dealkylation sites (tertiary alicyclic amines) is 1. The molecule has 0 spiro atoms. The van der Waals surface area contributed by atoms with Crippen LogP contribution in [0.4, 0.5) is 5.69 Å². The van der Waals surface area contributed by atoms with Gasteiger partial charge in [0.25, 0.3) is 0 Å². The van der Waals surface area contributed by atoms with Gasteiger partial charge in [-0.3, -0.25) is 19.6 Å². The number of aromatic nitrogens is 3. The van der Waals surface area contributed by atoms with E-state index >= 15 is 0 Å². The van der Waals surface area contributed by atoms with Gasteiger partial charge in [0.05, 0.1) is 29.8 Å². The number of amides is 2. The van der Waals surface area contributed by atoms with Crippen molar-refractivity contribution in [2.45, 2.75) is 12.8 Å². The lowest BCUT2D eigenvalue weighted by molar-refractivity contribution is -0.133. The predicted molar refractivity (Wildman–Crippen MR) is 157 cm³/mol. The minimum absolute atomic E-state index is 0.0851. The molecular weight excluding hydrogens is 524 g/mol. The highest BCUT2D eigenvalue weighted by Gasteiger charge is 2.45. The molecule has 2 amide bonds. The topological polar surface area (TPSA) is 103 Å². The van der Waals surface area contributed by atoms with Gasteiger partial charge in [0, 0.05) is 55.0 Å². The summed E-state index contributed by atoms with van der Waals surface area (Å²) >= 11 is 1.63. The van der Waals surface area contributed by atoms with Crippen molar-refractivity contribution in [3.63, 3.8) is 0 Å². The highest BCUT2D eigenvalue weighted by Crippen LogP contribution is 2.34. The first kappa shape index (κ1) is 26.4. The van der Waals surface area contributed by atoms with E-state index in [0.717, 1.165) is 33.6 Å². The van der Waals surface area contributed by atoms with E-state index in [1.165, 1.54) is 5.57 Å². The highest BCUT2D eigenvalue weighted by atomic mass is 32.1. The van der Waals surface area contributed by atoms with E-state index in [4.69, 9.17) is 4.74 Å². The molecule has 1 saturated heterocycles. The molecule has 10 heteroatoms. The van der Waals surface area contributed by atoms with Gasteiger partial charge in [-0.1, -0.05) is 36.4 Å². The maximum absolute atomic E-state index is 13.7. The molecule has 2 aliphatic rings. The average Bonchev–Trinajstić information content (AvgIpc) is 3.75. The molecular formula is C30H32N6O3S. The Morgan fingerprint density at radius 1 is 1.18 bits per heavy atom. The molecule has 1 unspecified atom stereocenters. The Bertz CT molecular complexity index is 1530. The monoisotopic (exact) mass is 556 g/mol. The van der Waals surface area contributed by atoms with Crippen molar-refractivity contribution in [3.05, 3.63) is 71.2 Å². The fourth-order valence-corrected chi connectivity index (χ4v) is 6.38. The summed E-state index contributed by atoms with van der Waals surface area (Å²) in [6, 6.07) is 15.7. The number of fused-ring (bicyclic) bond motifs is 1. The number of hydrogen-bond acceptors (Lipinski definition) is 7. The lowest BCUT2D eigenvalue weighted by atomic mass is 9.87. The molecule has 1 fully saturated rings. The summed E-state index contributed by atoms with van der Waals surface area (Å²) in [5.74, 6) is -0.00989. The van der Waals surface area contributed by atoms with Gasteiger partial charge in [0.15, 0.2) is 0 Å². The van der Waals surface area contributed by atoms with Gasteiger partial charge in [-0.25, -0.2) is 4.98 Å². The van der Waals surface area contributed by atoms with E-state index in [9.17, 15) is 9.59 Å². The molecule has 206 valence electrons. The number of benzene rings is 2. The minimum Gasteiger partial charge on any atom is -0.384 e.